The highest BCUT2D eigenvalue weighted by Gasteiger charge is 2.45. The minimum atomic E-state index is -1.68. The Balaban J connectivity index is 1.88. The van der Waals surface area contributed by atoms with Crippen molar-refractivity contribution in [2.75, 3.05) is 13.7 Å². The molecule has 6 N–H and O–H groups in total. The number of aliphatic hydroxyl groups is 4. The molecule has 2 aromatic carbocycles. The molecule has 0 saturated carbocycles. The van der Waals surface area contributed by atoms with Crippen LogP contribution in [0.5, 0.6) is 23.0 Å². The average Bonchev–Trinajstić information content (AvgIpc) is 2.80. The van der Waals surface area contributed by atoms with E-state index < -0.39 is 48.7 Å². The summed E-state index contributed by atoms with van der Waals surface area (Å²) in [4.78, 5) is 12.2. The van der Waals surface area contributed by atoms with Crippen LogP contribution in [0.2, 0.25) is 0 Å². The first-order valence-corrected chi connectivity index (χ1v) is 9.89. The molecule has 1 aliphatic rings. The Labute approximate surface area is 186 Å². The Morgan fingerprint density at radius 1 is 0.970 bits per heavy atom. The third-order valence-corrected chi connectivity index (χ3v) is 5.40. The lowest BCUT2D eigenvalue weighted by Crippen LogP contribution is -2.60. The van der Waals surface area contributed by atoms with Crippen LogP contribution in [0.15, 0.2) is 45.6 Å². The SMILES string of the molecule is COc1cc(O[C@@H]2OC(CO)[C@@H](O)[C@H](O)C2O)c2c(-c3ccc(O)c(O)c3)cc(=O)oc2c1. The third-order valence-electron chi connectivity index (χ3n) is 5.40. The Morgan fingerprint density at radius 2 is 1.73 bits per heavy atom. The van der Waals surface area contributed by atoms with Crippen molar-refractivity contribution < 1.29 is 49.3 Å². The maximum absolute atomic E-state index is 12.2. The molecule has 0 bridgehead atoms. The number of rotatable bonds is 5. The molecule has 11 nitrogen and oxygen atoms in total. The van der Waals surface area contributed by atoms with Gasteiger partial charge in [0.15, 0.2) is 11.5 Å². The van der Waals surface area contributed by atoms with Crippen LogP contribution in [-0.4, -0.2) is 75.1 Å². The van der Waals surface area contributed by atoms with Crippen LogP contribution in [-0.2, 0) is 4.74 Å². The van der Waals surface area contributed by atoms with E-state index in [-0.39, 0.29) is 33.8 Å². The summed E-state index contributed by atoms with van der Waals surface area (Å²) in [5.74, 6) is -0.528. The van der Waals surface area contributed by atoms with Crippen LogP contribution < -0.4 is 15.1 Å². The second kappa shape index (κ2) is 8.89. The second-order valence-electron chi connectivity index (χ2n) is 7.50. The molecule has 0 spiro atoms. The highest BCUT2D eigenvalue weighted by atomic mass is 16.7. The van der Waals surface area contributed by atoms with Gasteiger partial charge in [-0.25, -0.2) is 4.79 Å². The normalized spacial score (nSPS) is 25.2. The summed E-state index contributed by atoms with van der Waals surface area (Å²) in [6, 6.07) is 7.96. The lowest BCUT2D eigenvalue weighted by Gasteiger charge is -2.39. The highest BCUT2D eigenvalue weighted by molar-refractivity contribution is 5.98. The molecule has 1 aliphatic heterocycles. The second-order valence-corrected chi connectivity index (χ2v) is 7.50. The number of phenolic OH excluding ortho intramolecular Hbond substituents is 2. The maximum Gasteiger partial charge on any atom is 0.336 e. The van der Waals surface area contributed by atoms with Gasteiger partial charge in [0.1, 0.15) is 41.5 Å². The summed E-state index contributed by atoms with van der Waals surface area (Å²) in [6.45, 7) is -0.642. The van der Waals surface area contributed by atoms with E-state index in [9.17, 15) is 35.4 Å². The van der Waals surface area contributed by atoms with Crippen molar-refractivity contribution in [2.45, 2.75) is 30.7 Å². The Bertz CT molecular complexity index is 1220. The van der Waals surface area contributed by atoms with E-state index in [0.717, 1.165) is 6.07 Å². The van der Waals surface area contributed by atoms with Crippen molar-refractivity contribution in [1.82, 2.24) is 0 Å². The molecule has 4 rings (SSSR count). The zero-order valence-corrected chi connectivity index (χ0v) is 17.3. The van der Waals surface area contributed by atoms with E-state index in [0.29, 0.717) is 5.56 Å². The molecule has 2 heterocycles. The quantitative estimate of drug-likeness (QED) is 0.223. The van der Waals surface area contributed by atoms with Gasteiger partial charge in [-0.2, -0.15) is 0 Å². The summed E-state index contributed by atoms with van der Waals surface area (Å²) in [5.41, 5.74) is -0.0630. The third kappa shape index (κ3) is 4.19. The topological polar surface area (TPSA) is 179 Å². The van der Waals surface area contributed by atoms with Crippen LogP contribution in [0.3, 0.4) is 0 Å². The van der Waals surface area contributed by atoms with Crippen molar-refractivity contribution in [2.24, 2.45) is 0 Å². The van der Waals surface area contributed by atoms with Crippen molar-refractivity contribution in [1.29, 1.82) is 0 Å². The molecule has 5 atom stereocenters. The molecule has 3 aromatic rings. The van der Waals surface area contributed by atoms with Gasteiger partial charge in [0, 0.05) is 23.8 Å². The maximum atomic E-state index is 12.2. The van der Waals surface area contributed by atoms with E-state index in [1.54, 1.807) is 0 Å². The van der Waals surface area contributed by atoms with E-state index in [4.69, 9.17) is 18.6 Å². The van der Waals surface area contributed by atoms with Gasteiger partial charge < -0.3 is 49.3 Å². The Morgan fingerprint density at radius 3 is 2.39 bits per heavy atom. The van der Waals surface area contributed by atoms with E-state index in [1.165, 1.54) is 37.4 Å². The lowest BCUT2D eigenvalue weighted by molar-refractivity contribution is -0.277. The van der Waals surface area contributed by atoms with Gasteiger partial charge >= 0.3 is 5.63 Å². The van der Waals surface area contributed by atoms with Gasteiger partial charge in [-0.1, -0.05) is 6.07 Å². The fourth-order valence-electron chi connectivity index (χ4n) is 3.66. The smallest absolute Gasteiger partial charge is 0.336 e. The van der Waals surface area contributed by atoms with E-state index in [2.05, 4.69) is 0 Å². The van der Waals surface area contributed by atoms with Crippen LogP contribution in [0.1, 0.15) is 0 Å². The number of aliphatic hydroxyl groups excluding tert-OH is 4. The minimum Gasteiger partial charge on any atom is -0.504 e. The number of ether oxygens (including phenoxy) is 3. The largest absolute Gasteiger partial charge is 0.504 e. The average molecular weight is 462 g/mol. The molecule has 1 fully saturated rings. The van der Waals surface area contributed by atoms with Crippen molar-refractivity contribution in [3.63, 3.8) is 0 Å². The van der Waals surface area contributed by atoms with Crippen molar-refractivity contribution in [3.8, 4) is 34.1 Å². The highest BCUT2D eigenvalue weighted by Crippen LogP contribution is 2.40. The molecule has 0 radical (unpaired) electrons. The zero-order valence-electron chi connectivity index (χ0n) is 17.3. The predicted molar refractivity (Wildman–Crippen MR) is 112 cm³/mol. The summed E-state index contributed by atoms with van der Waals surface area (Å²) in [7, 11) is 1.37. The summed E-state index contributed by atoms with van der Waals surface area (Å²) < 4.78 is 21.8. The fraction of sp³-hybridized carbons (Fsp3) is 0.318. The molecule has 2 unspecified atom stereocenters. The first kappa shape index (κ1) is 22.8. The standard InChI is InChI=1S/C22H22O11/c1-30-10-5-14-18(11(7-17(26)31-14)9-2-3-12(24)13(25)4-9)15(6-10)32-22-21(29)20(28)19(27)16(8-23)33-22/h2-7,16,19-25,27-29H,8H2,1H3/t16?,19-,20+,21?,22-/m1/s1. The number of hydrogen-bond acceptors (Lipinski definition) is 11. The first-order valence-electron chi connectivity index (χ1n) is 9.89. The molecular formula is C22H22O11. The molecule has 11 heteroatoms. The summed E-state index contributed by atoms with van der Waals surface area (Å²) in [5, 5.41) is 59.7. The van der Waals surface area contributed by atoms with Gasteiger partial charge in [0.2, 0.25) is 6.29 Å². The molecule has 33 heavy (non-hydrogen) atoms. The van der Waals surface area contributed by atoms with Crippen LogP contribution in [0, 0.1) is 0 Å². The lowest BCUT2D eigenvalue weighted by atomic mass is 9.99. The van der Waals surface area contributed by atoms with Crippen LogP contribution >= 0.6 is 0 Å². The monoisotopic (exact) mass is 462 g/mol. The van der Waals surface area contributed by atoms with Gasteiger partial charge in [-0.15, -0.1) is 0 Å². The first-order chi connectivity index (χ1) is 15.7. The van der Waals surface area contributed by atoms with Gasteiger partial charge in [-0.05, 0) is 17.7 Å². The molecule has 176 valence electrons. The van der Waals surface area contributed by atoms with Gasteiger partial charge in [-0.3, -0.25) is 0 Å². The number of fused-ring (bicyclic) bond motifs is 1. The summed E-state index contributed by atoms with van der Waals surface area (Å²) >= 11 is 0. The number of aromatic hydroxyl groups is 2. The number of methoxy groups -OCH3 is 1. The fourth-order valence-corrected chi connectivity index (χ4v) is 3.66. The summed E-state index contributed by atoms with van der Waals surface area (Å²) in [6.07, 6.45) is -7.62. The van der Waals surface area contributed by atoms with Gasteiger partial charge in [0.25, 0.3) is 0 Å². The Hall–Kier alpha value is -3.35. The predicted octanol–water partition coefficient (Wildman–Crippen LogP) is 0.0585. The molecule has 1 aromatic heterocycles. The molecule has 0 amide bonds. The van der Waals surface area contributed by atoms with Crippen molar-refractivity contribution in [3.05, 3.63) is 46.8 Å². The van der Waals surface area contributed by atoms with Crippen LogP contribution in [0.25, 0.3) is 22.1 Å². The van der Waals surface area contributed by atoms with E-state index >= 15 is 0 Å². The zero-order chi connectivity index (χ0) is 23.9. The minimum absolute atomic E-state index is 0.0139. The van der Waals surface area contributed by atoms with Gasteiger partial charge in [0.05, 0.1) is 19.1 Å². The number of hydrogen-bond donors (Lipinski definition) is 6. The number of benzene rings is 2. The molecular weight excluding hydrogens is 440 g/mol. The molecule has 1 saturated heterocycles. The number of phenols is 2. The van der Waals surface area contributed by atoms with E-state index in [1.807, 2.05) is 0 Å². The molecule has 0 aliphatic carbocycles. The van der Waals surface area contributed by atoms with Crippen LogP contribution in [0.4, 0.5) is 0 Å². The Kier molecular flexibility index (Phi) is 6.15. The van der Waals surface area contributed by atoms with Crippen molar-refractivity contribution >= 4 is 11.0 Å².